The van der Waals surface area contributed by atoms with Crippen LogP contribution in [0.5, 0.6) is 0 Å². The molecule has 0 aliphatic carbocycles. The number of para-hydroxylation sites is 3. The van der Waals surface area contributed by atoms with Crippen LogP contribution in [0.1, 0.15) is 0 Å². The molecule has 4 nitrogen and oxygen atoms in total. The van der Waals surface area contributed by atoms with Crippen LogP contribution in [-0.2, 0) is 0 Å². The molecule has 4 aromatic heterocycles. The molecule has 0 N–H and O–H groups in total. The first-order chi connectivity index (χ1) is 28.3. The third kappa shape index (κ3) is 4.37. The highest BCUT2D eigenvalue weighted by atomic mass is 32.1. The van der Waals surface area contributed by atoms with Gasteiger partial charge in [0.2, 0.25) is 0 Å². The number of hydrogen-bond donors (Lipinski definition) is 0. The Kier molecular flexibility index (Phi) is 6.29. The summed E-state index contributed by atoms with van der Waals surface area (Å²) in [6.07, 6.45) is 0. The Morgan fingerprint density at radius 1 is 0.316 bits per heavy atom. The number of benzene rings is 9. The number of nitrogens with zero attached hydrogens (tertiary/aromatic N) is 4. The Labute approximate surface area is 330 Å². The van der Waals surface area contributed by atoms with Crippen LogP contribution >= 0.6 is 11.3 Å². The average Bonchev–Trinajstić information content (AvgIpc) is 3.92. The lowest BCUT2D eigenvalue weighted by Crippen LogP contribution is -1.96. The third-order valence-electron chi connectivity index (χ3n) is 11.9. The molecule has 0 atom stereocenters. The van der Waals surface area contributed by atoms with E-state index < -0.39 is 0 Å². The van der Waals surface area contributed by atoms with Crippen LogP contribution in [0.4, 0.5) is 0 Å². The molecule has 264 valence electrons. The van der Waals surface area contributed by atoms with Gasteiger partial charge < -0.3 is 9.13 Å². The molecule has 13 rings (SSSR count). The summed E-state index contributed by atoms with van der Waals surface area (Å²) in [5.74, 6) is 0. The van der Waals surface area contributed by atoms with Crippen molar-refractivity contribution in [3.63, 3.8) is 0 Å². The fourth-order valence-electron chi connectivity index (χ4n) is 9.37. The fourth-order valence-corrected chi connectivity index (χ4v) is 10.4. The first kappa shape index (κ1) is 30.9. The summed E-state index contributed by atoms with van der Waals surface area (Å²) in [7, 11) is 0. The van der Waals surface area contributed by atoms with Crippen molar-refractivity contribution in [3.05, 3.63) is 182 Å². The van der Waals surface area contributed by atoms with Crippen LogP contribution in [0, 0.1) is 0 Å². The molecule has 0 fully saturated rings. The van der Waals surface area contributed by atoms with Crippen molar-refractivity contribution in [1.82, 2.24) is 19.1 Å². The summed E-state index contributed by atoms with van der Waals surface area (Å²) in [5.41, 5.74) is 12.2. The molecule has 9 aromatic carbocycles. The minimum Gasteiger partial charge on any atom is -0.309 e. The minimum absolute atomic E-state index is 0.954. The maximum absolute atomic E-state index is 5.42. The molecular formula is C52H30N4S. The van der Waals surface area contributed by atoms with E-state index in [9.17, 15) is 0 Å². The Morgan fingerprint density at radius 3 is 1.54 bits per heavy atom. The van der Waals surface area contributed by atoms with Crippen molar-refractivity contribution in [3.8, 4) is 22.5 Å². The van der Waals surface area contributed by atoms with Gasteiger partial charge in [0.1, 0.15) is 10.3 Å². The third-order valence-corrected chi connectivity index (χ3v) is 12.9. The molecule has 0 saturated carbocycles. The highest BCUT2D eigenvalue weighted by molar-refractivity contribution is 7.25. The molecule has 0 spiro atoms. The molecule has 0 amide bonds. The molecule has 5 heteroatoms. The van der Waals surface area contributed by atoms with Gasteiger partial charge >= 0.3 is 0 Å². The van der Waals surface area contributed by atoms with Gasteiger partial charge in [-0.2, -0.15) is 0 Å². The van der Waals surface area contributed by atoms with E-state index in [1.165, 1.54) is 59.1 Å². The molecule has 0 aliphatic heterocycles. The molecule has 0 unspecified atom stereocenters. The second kappa shape index (κ2) is 11.6. The van der Waals surface area contributed by atoms with E-state index in [0.29, 0.717) is 0 Å². The van der Waals surface area contributed by atoms with Crippen molar-refractivity contribution in [2.45, 2.75) is 0 Å². The van der Waals surface area contributed by atoms with Gasteiger partial charge in [-0.3, -0.25) is 0 Å². The standard InChI is InChI=1S/C52H30N4S/c1-2-14-33(15-3-1)55-44-23-10-8-19-37(44)41-29-42-38-20-9-11-24-45(38)56(47(42)30-46(41)55)34-16-12-13-31(27-34)32-25-26-48-43(28-32)51-52(57-48)54-50-40-22-7-5-18-36(40)35-17-4-6-21-39(35)49(50)53-51/h1-30H. The number of thiophene rings is 1. The van der Waals surface area contributed by atoms with E-state index in [-0.39, 0.29) is 0 Å². The summed E-state index contributed by atoms with van der Waals surface area (Å²) in [5, 5.41) is 10.8. The SMILES string of the molecule is c1ccc(-n2c3ccccc3c3cc4c5ccccc5n(-c5cccc(-c6ccc7sc8nc9c%10ccccc%10c%10ccccc%10c9nc8c7c6)c5)c4cc32)cc1. The molecule has 0 saturated heterocycles. The summed E-state index contributed by atoms with van der Waals surface area (Å²) in [6.45, 7) is 0. The monoisotopic (exact) mass is 742 g/mol. The van der Waals surface area contributed by atoms with Gasteiger partial charge in [0.05, 0.1) is 33.1 Å². The van der Waals surface area contributed by atoms with Crippen LogP contribution in [-0.4, -0.2) is 19.1 Å². The van der Waals surface area contributed by atoms with Crippen LogP contribution < -0.4 is 0 Å². The zero-order chi connectivity index (χ0) is 37.2. The number of fused-ring (bicyclic) bond motifs is 15. The highest BCUT2D eigenvalue weighted by Gasteiger charge is 2.20. The van der Waals surface area contributed by atoms with E-state index in [0.717, 1.165) is 60.0 Å². The molecular weight excluding hydrogens is 713 g/mol. The molecule has 0 aliphatic rings. The fraction of sp³-hybridized carbons (Fsp3) is 0. The smallest absolute Gasteiger partial charge is 0.143 e. The second-order valence-electron chi connectivity index (χ2n) is 15.0. The number of hydrogen-bond acceptors (Lipinski definition) is 3. The summed E-state index contributed by atoms with van der Waals surface area (Å²) in [6, 6.07) is 66.0. The number of rotatable bonds is 3. The molecule has 4 heterocycles. The van der Waals surface area contributed by atoms with Crippen molar-refractivity contribution in [2.24, 2.45) is 0 Å². The van der Waals surface area contributed by atoms with Crippen molar-refractivity contribution in [1.29, 1.82) is 0 Å². The van der Waals surface area contributed by atoms with Crippen molar-refractivity contribution in [2.75, 3.05) is 0 Å². The lowest BCUT2D eigenvalue weighted by atomic mass is 9.99. The Balaban J connectivity index is 1.02. The van der Waals surface area contributed by atoms with Crippen molar-refractivity contribution >= 4 is 108 Å². The predicted octanol–water partition coefficient (Wildman–Crippen LogP) is 14.2. The van der Waals surface area contributed by atoms with Gasteiger partial charge in [-0.15, -0.1) is 11.3 Å². The van der Waals surface area contributed by atoms with E-state index in [1.54, 1.807) is 11.3 Å². The van der Waals surface area contributed by atoms with Gasteiger partial charge in [-0.25, -0.2) is 9.97 Å². The molecule has 0 radical (unpaired) electrons. The summed E-state index contributed by atoms with van der Waals surface area (Å²) >= 11 is 1.72. The van der Waals surface area contributed by atoms with Gasteiger partial charge in [0.15, 0.2) is 0 Å². The van der Waals surface area contributed by atoms with Crippen LogP contribution in [0.25, 0.3) is 119 Å². The lowest BCUT2D eigenvalue weighted by Gasteiger charge is -2.12. The van der Waals surface area contributed by atoms with Gasteiger partial charge in [-0.05, 0) is 82.6 Å². The topological polar surface area (TPSA) is 35.6 Å². The van der Waals surface area contributed by atoms with Crippen LogP contribution in [0.2, 0.25) is 0 Å². The van der Waals surface area contributed by atoms with E-state index in [1.807, 2.05) is 0 Å². The van der Waals surface area contributed by atoms with Gasteiger partial charge in [-0.1, -0.05) is 121 Å². The second-order valence-corrected chi connectivity index (χ2v) is 16.0. The maximum atomic E-state index is 5.42. The largest absolute Gasteiger partial charge is 0.309 e. The van der Waals surface area contributed by atoms with Crippen LogP contribution in [0.3, 0.4) is 0 Å². The van der Waals surface area contributed by atoms with Gasteiger partial charge in [0, 0.05) is 53.8 Å². The molecule has 13 aromatic rings. The van der Waals surface area contributed by atoms with Gasteiger partial charge in [0.25, 0.3) is 0 Å². The van der Waals surface area contributed by atoms with E-state index >= 15 is 0 Å². The molecule has 0 bridgehead atoms. The maximum Gasteiger partial charge on any atom is 0.143 e. The van der Waals surface area contributed by atoms with E-state index in [4.69, 9.17) is 9.97 Å². The normalized spacial score (nSPS) is 12.2. The quantitative estimate of drug-likeness (QED) is 0.169. The first-order valence-electron chi connectivity index (χ1n) is 19.3. The van der Waals surface area contributed by atoms with Crippen molar-refractivity contribution < 1.29 is 0 Å². The predicted molar refractivity (Wildman–Crippen MR) is 242 cm³/mol. The number of aromatic nitrogens is 4. The Hall–Kier alpha value is -7.34. The molecule has 57 heavy (non-hydrogen) atoms. The van der Waals surface area contributed by atoms with E-state index in [2.05, 4.69) is 191 Å². The first-order valence-corrected chi connectivity index (χ1v) is 20.1. The highest BCUT2D eigenvalue weighted by Crippen LogP contribution is 2.42. The minimum atomic E-state index is 0.954. The Bertz CT molecular complexity index is 3810. The summed E-state index contributed by atoms with van der Waals surface area (Å²) < 4.78 is 6.03. The average molecular weight is 743 g/mol. The lowest BCUT2D eigenvalue weighted by molar-refractivity contribution is 1.16. The summed E-state index contributed by atoms with van der Waals surface area (Å²) in [4.78, 5) is 11.7. The van der Waals surface area contributed by atoms with Crippen LogP contribution in [0.15, 0.2) is 182 Å². The Morgan fingerprint density at radius 2 is 0.860 bits per heavy atom. The zero-order valence-electron chi connectivity index (χ0n) is 30.5. The zero-order valence-corrected chi connectivity index (χ0v) is 31.3.